The summed E-state index contributed by atoms with van der Waals surface area (Å²) >= 11 is 5.98. The van der Waals surface area contributed by atoms with Crippen molar-refractivity contribution in [3.05, 3.63) is 69.9 Å². The third kappa shape index (κ3) is 2.86. The normalized spacial score (nSPS) is 11.5. The average Bonchev–Trinajstić information content (AvgIpc) is 2.33. The standard InChI is InChI=1S/C14H12ClNO/c1-11-6-8-13(9-7-11)16(17)10-12-4-2-3-5-14(12)15/h2-10H,1H3/b16-10+. The topological polar surface area (TPSA) is 26.1 Å². The number of aryl methyl sites for hydroxylation is 1. The molecule has 0 aliphatic rings. The Morgan fingerprint density at radius 2 is 1.71 bits per heavy atom. The van der Waals surface area contributed by atoms with Crippen LogP contribution >= 0.6 is 11.6 Å². The van der Waals surface area contributed by atoms with Gasteiger partial charge >= 0.3 is 0 Å². The van der Waals surface area contributed by atoms with Crippen molar-refractivity contribution in [1.82, 2.24) is 0 Å². The second kappa shape index (κ2) is 5.02. The van der Waals surface area contributed by atoms with Gasteiger partial charge in [-0.25, -0.2) is 0 Å². The van der Waals surface area contributed by atoms with E-state index in [2.05, 4.69) is 0 Å². The maximum atomic E-state index is 11.9. The first-order valence-corrected chi connectivity index (χ1v) is 5.67. The summed E-state index contributed by atoms with van der Waals surface area (Å²) in [5.41, 5.74) is 2.43. The van der Waals surface area contributed by atoms with Crippen LogP contribution in [0.25, 0.3) is 0 Å². The van der Waals surface area contributed by atoms with E-state index < -0.39 is 0 Å². The molecule has 2 aromatic rings. The van der Waals surface area contributed by atoms with Gasteiger partial charge in [-0.05, 0) is 19.1 Å². The van der Waals surface area contributed by atoms with E-state index in [4.69, 9.17) is 11.6 Å². The zero-order valence-electron chi connectivity index (χ0n) is 9.43. The molecular weight excluding hydrogens is 234 g/mol. The Labute approximate surface area is 105 Å². The zero-order chi connectivity index (χ0) is 12.3. The van der Waals surface area contributed by atoms with Gasteiger partial charge in [-0.3, -0.25) is 0 Å². The summed E-state index contributed by atoms with van der Waals surface area (Å²) in [4.78, 5) is 0. The molecule has 86 valence electrons. The van der Waals surface area contributed by atoms with Gasteiger partial charge in [-0.15, -0.1) is 0 Å². The van der Waals surface area contributed by atoms with Gasteiger partial charge in [0.05, 0.1) is 10.6 Å². The van der Waals surface area contributed by atoms with Crippen LogP contribution in [-0.2, 0) is 0 Å². The van der Waals surface area contributed by atoms with Gasteiger partial charge in [0, 0.05) is 12.1 Å². The number of hydrogen-bond acceptors (Lipinski definition) is 1. The highest BCUT2D eigenvalue weighted by Gasteiger charge is 2.03. The highest BCUT2D eigenvalue weighted by atomic mass is 35.5. The summed E-state index contributed by atoms with van der Waals surface area (Å²) in [6.07, 6.45) is 1.48. The lowest BCUT2D eigenvalue weighted by atomic mass is 10.2. The summed E-state index contributed by atoms with van der Waals surface area (Å²) in [7, 11) is 0. The van der Waals surface area contributed by atoms with Crippen LogP contribution in [0.15, 0.2) is 48.5 Å². The molecule has 0 unspecified atom stereocenters. The molecule has 2 aromatic carbocycles. The summed E-state index contributed by atoms with van der Waals surface area (Å²) in [6.45, 7) is 1.98. The van der Waals surface area contributed by atoms with E-state index >= 15 is 0 Å². The third-order valence-electron chi connectivity index (χ3n) is 2.45. The fraction of sp³-hybridized carbons (Fsp3) is 0.0714. The minimum absolute atomic E-state index is 0.570. The molecule has 0 atom stereocenters. The molecular formula is C14H12ClNO. The molecule has 0 aliphatic carbocycles. The van der Waals surface area contributed by atoms with Crippen molar-refractivity contribution >= 4 is 23.5 Å². The molecule has 0 fully saturated rings. The van der Waals surface area contributed by atoms with Crippen LogP contribution in [-0.4, -0.2) is 11.0 Å². The Kier molecular flexibility index (Phi) is 3.45. The van der Waals surface area contributed by atoms with E-state index in [1.165, 1.54) is 6.21 Å². The minimum atomic E-state index is 0.570. The Hall–Kier alpha value is -1.80. The van der Waals surface area contributed by atoms with E-state index in [0.717, 1.165) is 10.3 Å². The van der Waals surface area contributed by atoms with Crippen molar-refractivity contribution in [3.63, 3.8) is 0 Å². The van der Waals surface area contributed by atoms with Crippen LogP contribution in [0.5, 0.6) is 0 Å². The van der Waals surface area contributed by atoms with Crippen LogP contribution in [0.3, 0.4) is 0 Å². The summed E-state index contributed by atoms with van der Waals surface area (Å²) in [5, 5.41) is 12.4. The van der Waals surface area contributed by atoms with Gasteiger partial charge in [-0.1, -0.05) is 41.4 Å². The molecule has 0 amide bonds. The zero-order valence-corrected chi connectivity index (χ0v) is 10.2. The van der Waals surface area contributed by atoms with E-state index in [-0.39, 0.29) is 0 Å². The molecule has 0 aromatic heterocycles. The van der Waals surface area contributed by atoms with Crippen molar-refractivity contribution in [2.75, 3.05) is 0 Å². The predicted molar refractivity (Wildman–Crippen MR) is 71.1 cm³/mol. The lowest BCUT2D eigenvalue weighted by molar-refractivity contribution is -0.354. The Morgan fingerprint density at radius 1 is 1.06 bits per heavy atom. The van der Waals surface area contributed by atoms with Gasteiger partial charge in [0.1, 0.15) is 0 Å². The largest absolute Gasteiger partial charge is 0.618 e. The van der Waals surface area contributed by atoms with Crippen molar-refractivity contribution in [2.45, 2.75) is 6.92 Å². The lowest BCUT2D eigenvalue weighted by Gasteiger charge is -2.03. The number of nitrogens with zero attached hydrogens (tertiary/aromatic N) is 1. The van der Waals surface area contributed by atoms with Crippen molar-refractivity contribution < 1.29 is 4.74 Å². The average molecular weight is 246 g/mol. The molecule has 0 saturated carbocycles. The molecule has 0 aliphatic heterocycles. The first-order chi connectivity index (χ1) is 8.16. The van der Waals surface area contributed by atoms with Crippen LogP contribution in [0.4, 0.5) is 5.69 Å². The summed E-state index contributed by atoms with van der Waals surface area (Å²) in [5.74, 6) is 0. The molecule has 2 rings (SSSR count). The van der Waals surface area contributed by atoms with Crippen LogP contribution in [0.1, 0.15) is 11.1 Å². The van der Waals surface area contributed by atoms with Crippen LogP contribution in [0, 0.1) is 12.1 Å². The molecule has 0 radical (unpaired) electrons. The van der Waals surface area contributed by atoms with E-state index in [0.29, 0.717) is 16.3 Å². The number of rotatable bonds is 2. The SMILES string of the molecule is Cc1ccc(/[N+]([O-])=C\c2ccccc2Cl)cc1. The van der Waals surface area contributed by atoms with E-state index in [1.54, 1.807) is 24.3 Å². The maximum Gasteiger partial charge on any atom is 0.216 e. The maximum absolute atomic E-state index is 11.9. The molecule has 0 N–H and O–H groups in total. The highest BCUT2D eigenvalue weighted by Crippen LogP contribution is 2.15. The molecule has 3 heteroatoms. The number of hydrogen-bond donors (Lipinski definition) is 0. The molecule has 0 spiro atoms. The number of benzene rings is 2. The van der Waals surface area contributed by atoms with Gasteiger partial charge in [0.15, 0.2) is 6.21 Å². The second-order valence-electron chi connectivity index (χ2n) is 3.81. The van der Waals surface area contributed by atoms with Crippen LogP contribution in [0.2, 0.25) is 5.02 Å². The number of halogens is 1. The first-order valence-electron chi connectivity index (χ1n) is 5.29. The van der Waals surface area contributed by atoms with E-state index in [1.807, 2.05) is 31.2 Å². The third-order valence-corrected chi connectivity index (χ3v) is 2.79. The quantitative estimate of drug-likeness (QED) is 0.341. The second-order valence-corrected chi connectivity index (χ2v) is 4.22. The molecule has 0 bridgehead atoms. The minimum Gasteiger partial charge on any atom is -0.618 e. The fourth-order valence-electron chi connectivity index (χ4n) is 1.47. The van der Waals surface area contributed by atoms with Crippen LogP contribution < -0.4 is 0 Å². The monoisotopic (exact) mass is 245 g/mol. The van der Waals surface area contributed by atoms with Crippen molar-refractivity contribution in [1.29, 1.82) is 0 Å². The van der Waals surface area contributed by atoms with Crippen molar-refractivity contribution in [2.24, 2.45) is 0 Å². The Morgan fingerprint density at radius 3 is 2.35 bits per heavy atom. The fourth-order valence-corrected chi connectivity index (χ4v) is 1.66. The first kappa shape index (κ1) is 11.7. The molecule has 17 heavy (non-hydrogen) atoms. The van der Waals surface area contributed by atoms with Gasteiger partial charge in [0.2, 0.25) is 5.69 Å². The molecule has 0 saturated heterocycles. The van der Waals surface area contributed by atoms with Crippen molar-refractivity contribution in [3.8, 4) is 0 Å². The van der Waals surface area contributed by atoms with Gasteiger partial charge in [-0.2, -0.15) is 4.74 Å². The molecule has 0 heterocycles. The highest BCUT2D eigenvalue weighted by molar-refractivity contribution is 6.32. The van der Waals surface area contributed by atoms with Gasteiger partial charge in [0.25, 0.3) is 0 Å². The van der Waals surface area contributed by atoms with Gasteiger partial charge < -0.3 is 5.21 Å². The lowest BCUT2D eigenvalue weighted by Crippen LogP contribution is -1.99. The Bertz CT molecular complexity index is 546. The predicted octanol–water partition coefficient (Wildman–Crippen LogP) is 3.91. The summed E-state index contributed by atoms with van der Waals surface area (Å²) < 4.78 is 0.820. The Balaban J connectivity index is 2.34. The summed E-state index contributed by atoms with van der Waals surface area (Å²) in [6, 6.07) is 14.6. The smallest absolute Gasteiger partial charge is 0.216 e. The molecule has 2 nitrogen and oxygen atoms in total. The van der Waals surface area contributed by atoms with E-state index in [9.17, 15) is 5.21 Å².